The molecule has 0 aromatic heterocycles. The molecule has 3 aromatic rings. The van der Waals surface area contributed by atoms with E-state index in [4.69, 9.17) is 24.2 Å². The first kappa shape index (κ1) is 41.8. The number of hydrogen-bond donors (Lipinski definition) is 2. The molecule has 12 heteroatoms. The molecule has 6 rings (SSSR count). The van der Waals surface area contributed by atoms with Gasteiger partial charge in [-0.05, 0) is 96.9 Å². The van der Waals surface area contributed by atoms with Crippen LogP contribution in [0.3, 0.4) is 0 Å². The summed E-state index contributed by atoms with van der Waals surface area (Å²) in [5, 5.41) is 35.6. The molecule has 1 fully saturated rings. The first-order valence-corrected chi connectivity index (χ1v) is 21.8. The fourth-order valence-corrected chi connectivity index (χ4v) is 10.4. The van der Waals surface area contributed by atoms with Crippen molar-refractivity contribution in [2.24, 2.45) is 22.9 Å². The molecule has 1 saturated carbocycles. The van der Waals surface area contributed by atoms with E-state index in [9.17, 15) is 20.3 Å². The highest BCUT2D eigenvalue weighted by atomic mass is 32.2. The maximum absolute atomic E-state index is 11.2. The summed E-state index contributed by atoms with van der Waals surface area (Å²) in [6, 6.07) is 22.9. The fourth-order valence-electron chi connectivity index (χ4n) is 8.50. The van der Waals surface area contributed by atoms with Crippen molar-refractivity contribution in [3.63, 3.8) is 0 Å². The predicted octanol–water partition coefficient (Wildman–Crippen LogP) is 9.35. The minimum Gasteiger partial charge on any atom is -0.493 e. The molecule has 2 aliphatic carbocycles. The highest BCUT2D eigenvalue weighted by Gasteiger charge is 2.63. The average molecular weight is 803 g/mol. The van der Waals surface area contributed by atoms with E-state index in [2.05, 4.69) is 37.8 Å². The molecule has 300 valence electrons. The van der Waals surface area contributed by atoms with Gasteiger partial charge in [-0.1, -0.05) is 55.3 Å². The highest BCUT2D eigenvalue weighted by Crippen LogP contribution is 2.62. The van der Waals surface area contributed by atoms with Crippen LogP contribution in [0.1, 0.15) is 68.9 Å². The molecule has 6 atom stereocenters. The smallest absolute Gasteiger partial charge is 0.269 e. The Morgan fingerprint density at radius 1 is 1.04 bits per heavy atom. The van der Waals surface area contributed by atoms with Gasteiger partial charge in [-0.25, -0.2) is 0 Å². The number of hydrogen-bond acceptors (Lipinski definition) is 11. The van der Waals surface area contributed by atoms with E-state index in [1.54, 1.807) is 41.7 Å². The van der Waals surface area contributed by atoms with Crippen LogP contribution in [-0.4, -0.2) is 69.8 Å². The second-order valence-electron chi connectivity index (χ2n) is 14.4. The number of nitro groups is 1. The first-order chi connectivity index (χ1) is 27.4. The van der Waals surface area contributed by atoms with Gasteiger partial charge >= 0.3 is 0 Å². The van der Waals surface area contributed by atoms with Gasteiger partial charge < -0.3 is 29.3 Å². The Kier molecular flexibility index (Phi) is 15.4. The summed E-state index contributed by atoms with van der Waals surface area (Å²) < 4.78 is 20.6. The lowest BCUT2D eigenvalue weighted by atomic mass is 9.56. The second kappa shape index (κ2) is 20.6. The van der Waals surface area contributed by atoms with Gasteiger partial charge in [0.05, 0.1) is 35.0 Å². The van der Waals surface area contributed by atoms with E-state index in [-0.39, 0.29) is 54.4 Å². The number of oxime groups is 1. The van der Waals surface area contributed by atoms with E-state index < -0.39 is 10.7 Å². The molecule has 0 saturated heterocycles. The lowest BCUT2D eigenvalue weighted by Crippen LogP contribution is -2.64. The number of unbranched alkanes of at least 4 members (excludes halogenated alkanes) is 2. The van der Waals surface area contributed by atoms with E-state index in [1.165, 1.54) is 17.0 Å². The van der Waals surface area contributed by atoms with Crippen molar-refractivity contribution in [2.75, 3.05) is 37.9 Å². The maximum Gasteiger partial charge on any atom is 0.269 e. The van der Waals surface area contributed by atoms with Crippen LogP contribution < -0.4 is 9.47 Å². The van der Waals surface area contributed by atoms with Gasteiger partial charge in [0, 0.05) is 53.9 Å². The molecule has 3 aromatic carbocycles. The van der Waals surface area contributed by atoms with Crippen LogP contribution in [0.25, 0.3) is 0 Å². The minimum absolute atomic E-state index is 0.0243. The van der Waals surface area contributed by atoms with E-state index in [1.807, 2.05) is 30.3 Å². The normalized spacial score (nSPS) is 24.4. The standard InChI is InChI=1S/C44H54N2O8S2/c1-3-24-52-44-41(55-4-2)29-39(45-53-30-31-16-18-33(19-17-31)46(49)50)37-27-32(12-8-10-22-47)36(15-9-11-23-48)42(43(37)44)38-28-34(20-21-40(38)54-44)51-25-26-56-35-13-6-5-7-14-35/h3,5-7,13-14,16-21,27-28,32,36,41-43,47-48H,1,4,8-12,15,22-26,29-30H2,2H3. The van der Waals surface area contributed by atoms with Gasteiger partial charge in [0.1, 0.15) is 18.1 Å². The Morgan fingerprint density at radius 3 is 2.52 bits per heavy atom. The Hall–Kier alpha value is -3.81. The lowest BCUT2D eigenvalue weighted by molar-refractivity contribution is -0.384. The second-order valence-corrected chi connectivity index (χ2v) is 17.1. The van der Waals surface area contributed by atoms with Gasteiger partial charge in [-0.3, -0.25) is 10.1 Å². The first-order valence-electron chi connectivity index (χ1n) is 19.8. The molecular weight excluding hydrogens is 749 g/mol. The summed E-state index contributed by atoms with van der Waals surface area (Å²) in [6.45, 7) is 7.45. The molecule has 1 heterocycles. The van der Waals surface area contributed by atoms with Gasteiger partial charge in [0.15, 0.2) is 0 Å². The third kappa shape index (κ3) is 9.82. The molecular formula is C44H54N2O8S2. The zero-order chi connectivity index (χ0) is 39.3. The Balaban J connectivity index is 1.41. The number of fused-ring (bicyclic) bond motifs is 2. The minimum atomic E-state index is -1.02. The number of rotatable bonds is 22. The third-order valence-corrected chi connectivity index (χ3v) is 13.1. The van der Waals surface area contributed by atoms with Crippen LogP contribution >= 0.6 is 23.5 Å². The highest BCUT2D eigenvalue weighted by molar-refractivity contribution is 8.00. The van der Waals surface area contributed by atoms with E-state index >= 15 is 0 Å². The molecule has 0 radical (unpaired) electrons. The third-order valence-electron chi connectivity index (χ3n) is 10.9. The van der Waals surface area contributed by atoms with Crippen LogP contribution in [-0.2, 0) is 16.2 Å². The van der Waals surface area contributed by atoms with E-state index in [0.29, 0.717) is 19.6 Å². The predicted molar refractivity (Wildman–Crippen MR) is 224 cm³/mol. The van der Waals surface area contributed by atoms with Gasteiger partial charge in [0.2, 0.25) is 5.79 Å². The van der Waals surface area contributed by atoms with Crippen molar-refractivity contribution in [2.45, 2.75) is 80.3 Å². The van der Waals surface area contributed by atoms with Gasteiger partial charge in [-0.2, -0.15) is 11.8 Å². The van der Waals surface area contributed by atoms with Crippen LogP contribution in [0.5, 0.6) is 11.5 Å². The van der Waals surface area contributed by atoms with Crippen molar-refractivity contribution in [3.05, 3.63) is 118 Å². The van der Waals surface area contributed by atoms with Crippen LogP contribution in [0.15, 0.2) is 107 Å². The number of aliphatic hydroxyl groups excluding tert-OH is 2. The number of thioether (sulfide) groups is 2. The van der Waals surface area contributed by atoms with Crippen molar-refractivity contribution >= 4 is 34.9 Å². The van der Waals surface area contributed by atoms with Gasteiger partial charge in [0.25, 0.3) is 5.69 Å². The zero-order valence-electron chi connectivity index (χ0n) is 32.1. The van der Waals surface area contributed by atoms with E-state index in [0.717, 1.165) is 83.9 Å². The van der Waals surface area contributed by atoms with Crippen LogP contribution in [0.2, 0.25) is 0 Å². The molecule has 0 bridgehead atoms. The molecule has 56 heavy (non-hydrogen) atoms. The number of non-ortho nitro benzene ring substituents is 1. The number of ether oxygens (including phenoxy) is 3. The number of aliphatic hydroxyl groups is 2. The molecule has 6 unspecified atom stereocenters. The molecule has 3 aliphatic rings. The molecule has 10 nitrogen and oxygen atoms in total. The quantitative estimate of drug-likeness (QED) is 0.0333. The summed E-state index contributed by atoms with van der Waals surface area (Å²) in [5.41, 5.74) is 3.80. The SMILES string of the molecule is C=CCOC12Oc3ccc(OCCSc4ccccc4)cc3C3C(CCCCO)C(CCCCO)C=C(C(=NOCc4ccc([N+](=O)[O-])cc4)CC1SCC)C32. The van der Waals surface area contributed by atoms with Crippen molar-refractivity contribution in [3.8, 4) is 11.5 Å². The summed E-state index contributed by atoms with van der Waals surface area (Å²) >= 11 is 3.56. The lowest BCUT2D eigenvalue weighted by Gasteiger charge is -2.58. The fraction of sp³-hybridized carbons (Fsp3) is 0.477. The number of benzene rings is 3. The van der Waals surface area contributed by atoms with Gasteiger partial charge in [-0.15, -0.1) is 18.3 Å². The molecule has 2 N–H and O–H groups in total. The molecule has 1 aliphatic heterocycles. The number of nitro benzene ring substituents is 1. The number of allylic oxidation sites excluding steroid dienone is 1. The molecule has 0 amide bonds. The van der Waals surface area contributed by atoms with Crippen molar-refractivity contribution in [1.29, 1.82) is 0 Å². The number of nitrogens with zero attached hydrogens (tertiary/aromatic N) is 2. The molecule has 0 spiro atoms. The summed E-state index contributed by atoms with van der Waals surface area (Å²) in [5.74, 6) is 2.32. The maximum atomic E-state index is 11.2. The Morgan fingerprint density at radius 2 is 1.80 bits per heavy atom. The Bertz CT molecular complexity index is 1810. The topological polar surface area (TPSA) is 133 Å². The summed E-state index contributed by atoms with van der Waals surface area (Å²) in [7, 11) is 0. The largest absolute Gasteiger partial charge is 0.493 e. The average Bonchev–Trinajstić information content (AvgIpc) is 3.21. The Labute approximate surface area is 338 Å². The zero-order valence-corrected chi connectivity index (χ0v) is 33.8. The monoisotopic (exact) mass is 802 g/mol. The summed E-state index contributed by atoms with van der Waals surface area (Å²) in [4.78, 5) is 18.1. The van der Waals surface area contributed by atoms with Crippen LogP contribution in [0, 0.1) is 27.9 Å². The summed E-state index contributed by atoms with van der Waals surface area (Å²) in [6.07, 6.45) is 9.69. The van der Waals surface area contributed by atoms with Crippen molar-refractivity contribution < 1.29 is 34.2 Å². The van der Waals surface area contributed by atoms with Crippen molar-refractivity contribution in [1.82, 2.24) is 0 Å². The van der Waals surface area contributed by atoms with Crippen LogP contribution in [0.4, 0.5) is 5.69 Å².